The number of hydrogen-bond donors (Lipinski definition) is 0. The molecule has 0 bridgehead atoms. The van der Waals surface area contributed by atoms with Gasteiger partial charge in [0.15, 0.2) is 0 Å². The molecule has 0 N–H and O–H groups in total. The third kappa shape index (κ3) is 1.75. The van der Waals surface area contributed by atoms with Crippen molar-refractivity contribution in [3.8, 4) is 0 Å². The van der Waals surface area contributed by atoms with Crippen LogP contribution in [0, 0.1) is 6.92 Å². The molecule has 0 atom stereocenters. The van der Waals surface area contributed by atoms with E-state index in [0.717, 1.165) is 11.8 Å². The van der Waals surface area contributed by atoms with Gasteiger partial charge in [0.2, 0.25) is 0 Å². The summed E-state index contributed by atoms with van der Waals surface area (Å²) in [5, 5.41) is 1.25. The van der Waals surface area contributed by atoms with Crippen LogP contribution in [0.5, 0.6) is 0 Å². The number of carbonyl (C=O) groups excluding carboxylic acids is 1. The lowest BCUT2D eigenvalue weighted by Crippen LogP contribution is -2.02. The summed E-state index contributed by atoms with van der Waals surface area (Å²) < 4.78 is 2.31. The molecule has 16 heavy (non-hydrogen) atoms. The van der Waals surface area contributed by atoms with Gasteiger partial charge in [0.25, 0.3) is 0 Å². The van der Waals surface area contributed by atoms with Crippen molar-refractivity contribution in [2.24, 2.45) is 0 Å². The minimum atomic E-state index is 0.448. The average Bonchev–Trinajstić information content (AvgIpc) is 2.53. The Hall–Kier alpha value is -1.57. The van der Waals surface area contributed by atoms with Crippen molar-refractivity contribution < 1.29 is 4.79 Å². The fraction of sp³-hybridized carbons (Fsp3) is 0.357. The number of nitrogens with zero attached hydrogens (tertiary/aromatic N) is 1. The molecule has 0 unspecified atom stereocenters. The first-order valence-corrected chi connectivity index (χ1v) is 5.67. The van der Waals surface area contributed by atoms with Crippen molar-refractivity contribution >= 4 is 17.2 Å². The molecule has 1 aromatic carbocycles. The van der Waals surface area contributed by atoms with Crippen LogP contribution < -0.4 is 0 Å². The van der Waals surface area contributed by atoms with Gasteiger partial charge >= 0.3 is 0 Å². The molecule has 0 aliphatic heterocycles. The highest BCUT2D eigenvalue weighted by molar-refractivity contribution is 5.82. The second-order valence-corrected chi connectivity index (χ2v) is 4.51. The molecule has 0 saturated carbocycles. The Bertz CT molecular complexity index is 523. The van der Waals surface area contributed by atoms with E-state index in [0.29, 0.717) is 12.5 Å². The molecule has 2 heteroatoms. The van der Waals surface area contributed by atoms with Gasteiger partial charge in [-0.15, -0.1) is 0 Å². The van der Waals surface area contributed by atoms with E-state index in [9.17, 15) is 4.79 Å². The first-order chi connectivity index (χ1) is 7.63. The van der Waals surface area contributed by atoms with Crippen LogP contribution in [0.2, 0.25) is 0 Å². The molecule has 2 nitrogen and oxygen atoms in total. The number of benzene rings is 1. The average molecular weight is 215 g/mol. The summed E-state index contributed by atoms with van der Waals surface area (Å²) in [7, 11) is 0. The van der Waals surface area contributed by atoms with E-state index in [1.807, 2.05) is 6.07 Å². The van der Waals surface area contributed by atoms with E-state index < -0.39 is 0 Å². The van der Waals surface area contributed by atoms with Gasteiger partial charge in [0, 0.05) is 23.7 Å². The van der Waals surface area contributed by atoms with Gasteiger partial charge in [0.05, 0.1) is 0 Å². The molecule has 84 valence electrons. The smallest absolute Gasteiger partial charge is 0.124 e. The summed E-state index contributed by atoms with van der Waals surface area (Å²) in [5.74, 6) is 0. The van der Waals surface area contributed by atoms with Crippen molar-refractivity contribution in [1.29, 1.82) is 0 Å². The molecule has 2 rings (SSSR count). The van der Waals surface area contributed by atoms with Gasteiger partial charge in [-0.2, -0.15) is 0 Å². The summed E-state index contributed by atoms with van der Waals surface area (Å²) >= 11 is 0. The number of carbonyl (C=O) groups is 1. The molecule has 0 amide bonds. The zero-order valence-electron chi connectivity index (χ0n) is 10.0. The predicted molar refractivity (Wildman–Crippen MR) is 66.8 cm³/mol. The Labute approximate surface area is 95.9 Å². The monoisotopic (exact) mass is 215 g/mol. The summed E-state index contributed by atoms with van der Waals surface area (Å²) in [6, 6.07) is 8.89. The fourth-order valence-electron chi connectivity index (χ4n) is 2.31. The normalized spacial score (nSPS) is 11.2. The van der Waals surface area contributed by atoms with E-state index in [1.165, 1.54) is 16.6 Å². The van der Waals surface area contributed by atoms with Crippen LogP contribution in [0.1, 0.15) is 31.1 Å². The van der Waals surface area contributed by atoms with Crippen molar-refractivity contribution in [2.45, 2.75) is 33.2 Å². The van der Waals surface area contributed by atoms with Crippen molar-refractivity contribution in [2.75, 3.05) is 0 Å². The highest BCUT2D eigenvalue weighted by atomic mass is 16.1. The maximum Gasteiger partial charge on any atom is 0.124 e. The van der Waals surface area contributed by atoms with Crippen LogP contribution >= 0.6 is 0 Å². The van der Waals surface area contributed by atoms with Crippen LogP contribution in [0.15, 0.2) is 24.3 Å². The molecule has 0 radical (unpaired) electrons. The number of hydrogen-bond acceptors (Lipinski definition) is 1. The Balaban J connectivity index is 2.64. The summed E-state index contributed by atoms with van der Waals surface area (Å²) in [4.78, 5) is 10.5. The Morgan fingerprint density at radius 2 is 2.06 bits per heavy atom. The molecule has 0 saturated heterocycles. The lowest BCUT2D eigenvalue weighted by atomic mass is 10.1. The van der Waals surface area contributed by atoms with Crippen LogP contribution in [0.4, 0.5) is 0 Å². The van der Waals surface area contributed by atoms with Crippen LogP contribution in [-0.4, -0.2) is 10.9 Å². The zero-order valence-corrected chi connectivity index (χ0v) is 10.0. The number of rotatable bonds is 3. The topological polar surface area (TPSA) is 22.0 Å². The second kappa shape index (κ2) is 4.12. The number of fused-ring (bicyclic) bond motifs is 1. The quantitative estimate of drug-likeness (QED) is 0.720. The first kappa shape index (κ1) is 10.9. The molecule has 2 aromatic rings. The van der Waals surface area contributed by atoms with Gasteiger partial charge in [-0.25, -0.2) is 0 Å². The van der Waals surface area contributed by atoms with Crippen molar-refractivity contribution in [3.63, 3.8) is 0 Å². The Morgan fingerprint density at radius 3 is 2.69 bits per heavy atom. The second-order valence-electron chi connectivity index (χ2n) is 4.51. The maximum atomic E-state index is 10.5. The number of aldehydes is 1. The molecule has 0 spiro atoms. The summed E-state index contributed by atoms with van der Waals surface area (Å²) in [5.41, 5.74) is 3.59. The van der Waals surface area contributed by atoms with E-state index in [2.05, 4.69) is 43.5 Å². The van der Waals surface area contributed by atoms with Crippen LogP contribution in [0.25, 0.3) is 10.9 Å². The Morgan fingerprint density at radius 1 is 1.31 bits per heavy atom. The van der Waals surface area contributed by atoms with E-state index in [4.69, 9.17) is 0 Å². The van der Waals surface area contributed by atoms with E-state index in [-0.39, 0.29) is 0 Å². The minimum absolute atomic E-state index is 0.448. The fourth-order valence-corrected chi connectivity index (χ4v) is 2.31. The maximum absolute atomic E-state index is 10.5. The standard InChI is InChI=1S/C14H17NO/c1-10(2)15-11(3)8-13-5-4-12(6-7-16)9-14(13)15/h4-5,7-10H,6H2,1-3H3. The molecule has 1 heterocycles. The predicted octanol–water partition coefficient (Wildman–Crippen LogP) is 3.27. The van der Waals surface area contributed by atoms with E-state index in [1.54, 1.807) is 0 Å². The highest BCUT2D eigenvalue weighted by Gasteiger charge is 2.08. The van der Waals surface area contributed by atoms with Crippen LogP contribution in [0.3, 0.4) is 0 Å². The number of aryl methyl sites for hydroxylation is 1. The molecule has 0 fully saturated rings. The van der Waals surface area contributed by atoms with Crippen LogP contribution in [-0.2, 0) is 11.2 Å². The van der Waals surface area contributed by atoms with E-state index >= 15 is 0 Å². The molecule has 0 aliphatic carbocycles. The third-order valence-electron chi connectivity index (χ3n) is 2.93. The van der Waals surface area contributed by atoms with Gasteiger partial charge in [-0.3, -0.25) is 0 Å². The van der Waals surface area contributed by atoms with Gasteiger partial charge in [-0.1, -0.05) is 12.1 Å². The minimum Gasteiger partial charge on any atom is -0.342 e. The lowest BCUT2D eigenvalue weighted by molar-refractivity contribution is -0.107. The first-order valence-electron chi connectivity index (χ1n) is 5.67. The molecular formula is C14H17NO. The number of aromatic nitrogens is 1. The SMILES string of the molecule is Cc1cc2ccc(CC=O)cc2n1C(C)C. The lowest BCUT2D eigenvalue weighted by Gasteiger charge is -2.12. The largest absolute Gasteiger partial charge is 0.342 e. The Kier molecular flexibility index (Phi) is 2.82. The molecule has 0 aliphatic rings. The van der Waals surface area contributed by atoms with Gasteiger partial charge in [0.1, 0.15) is 6.29 Å². The molecular weight excluding hydrogens is 198 g/mol. The van der Waals surface area contributed by atoms with Crippen molar-refractivity contribution in [3.05, 3.63) is 35.5 Å². The summed E-state index contributed by atoms with van der Waals surface area (Å²) in [6.07, 6.45) is 1.45. The highest BCUT2D eigenvalue weighted by Crippen LogP contribution is 2.24. The van der Waals surface area contributed by atoms with Gasteiger partial charge in [-0.05, 0) is 43.9 Å². The van der Waals surface area contributed by atoms with Gasteiger partial charge < -0.3 is 9.36 Å². The molecule has 1 aromatic heterocycles. The van der Waals surface area contributed by atoms with Crippen molar-refractivity contribution in [1.82, 2.24) is 4.57 Å². The third-order valence-corrected chi connectivity index (χ3v) is 2.93. The summed E-state index contributed by atoms with van der Waals surface area (Å²) in [6.45, 7) is 6.48. The zero-order chi connectivity index (χ0) is 11.7.